The molecule has 2 aliphatic heterocycles. The van der Waals surface area contributed by atoms with Gasteiger partial charge in [0.2, 0.25) is 11.8 Å². The first kappa shape index (κ1) is 28.7. The number of hydrogen-bond acceptors (Lipinski definition) is 8. The molecular weight excluding hydrogens is 607 g/mol. The third-order valence-electron chi connectivity index (χ3n) is 7.27. The van der Waals surface area contributed by atoms with E-state index in [0.717, 1.165) is 57.3 Å². The Labute approximate surface area is 249 Å². The summed E-state index contributed by atoms with van der Waals surface area (Å²) in [5.41, 5.74) is 0.438. The number of anilines is 1. The van der Waals surface area contributed by atoms with E-state index < -0.39 is 50.4 Å². The van der Waals surface area contributed by atoms with E-state index in [2.05, 4.69) is 4.98 Å². The first-order chi connectivity index (χ1) is 20.4. The van der Waals surface area contributed by atoms with E-state index in [1.807, 2.05) is 31.2 Å². The lowest BCUT2D eigenvalue weighted by Gasteiger charge is -2.30. The van der Waals surface area contributed by atoms with Gasteiger partial charge in [0.15, 0.2) is 0 Å². The number of aromatic nitrogens is 1. The highest BCUT2D eigenvalue weighted by molar-refractivity contribution is 8.00. The topological polar surface area (TPSA) is 123 Å². The molecule has 0 spiro atoms. The zero-order chi connectivity index (χ0) is 30.6. The number of non-ortho nitro benzene ring substituents is 1. The number of amides is 2. The highest BCUT2D eigenvalue weighted by Crippen LogP contribution is 2.55. The minimum atomic E-state index is -4.71. The molecule has 1 N–H and O–H groups in total. The van der Waals surface area contributed by atoms with E-state index >= 15 is 0 Å². The van der Waals surface area contributed by atoms with E-state index in [4.69, 9.17) is 4.74 Å². The van der Waals surface area contributed by atoms with Crippen LogP contribution in [0.15, 0.2) is 76.6 Å². The van der Waals surface area contributed by atoms with Gasteiger partial charge < -0.3 is 9.72 Å². The number of aryl methyl sites for hydroxylation is 1. The monoisotopic (exact) mass is 627 g/mol. The molecule has 3 heterocycles. The molecule has 2 aliphatic rings. The largest absolute Gasteiger partial charge is 0.489 e. The van der Waals surface area contributed by atoms with Crippen LogP contribution in [0, 0.1) is 23.0 Å². The first-order valence-corrected chi connectivity index (χ1v) is 14.5. The summed E-state index contributed by atoms with van der Waals surface area (Å²) in [7, 11) is 0. The molecule has 0 aliphatic carbocycles. The van der Waals surface area contributed by atoms with Crippen LogP contribution < -0.4 is 14.5 Å². The summed E-state index contributed by atoms with van der Waals surface area (Å²) < 4.78 is 46.5. The highest BCUT2D eigenvalue weighted by Gasteiger charge is 2.57. The number of nitro groups is 1. The second-order valence-electron chi connectivity index (χ2n) is 10.1. The maximum atomic E-state index is 14.0. The van der Waals surface area contributed by atoms with Gasteiger partial charge >= 0.3 is 11.0 Å². The minimum Gasteiger partial charge on any atom is -0.489 e. The summed E-state index contributed by atoms with van der Waals surface area (Å²) in [5, 5.41) is 11.0. The number of thiazole rings is 1. The molecule has 43 heavy (non-hydrogen) atoms. The van der Waals surface area contributed by atoms with Crippen molar-refractivity contribution >= 4 is 46.3 Å². The Hall–Kier alpha value is -4.43. The lowest BCUT2D eigenvalue weighted by Crippen LogP contribution is -2.32. The van der Waals surface area contributed by atoms with Gasteiger partial charge in [0.1, 0.15) is 17.6 Å². The molecule has 3 atom stereocenters. The standard InChI is InChI=1S/C29H20F3N3O6S2/c1-14-4-2-5-15(10-14)13-41-20-9-8-18(35(39)40)12-19(20)21-22-24(42-25-23(21)43-28(38)33-25)27(37)34(26(22)36)17-7-3-6-16(11-17)29(30,31)32/h2-12,21-22,24H,13H2,1H3,(H,33,38). The summed E-state index contributed by atoms with van der Waals surface area (Å²) in [6.07, 6.45) is -4.71. The van der Waals surface area contributed by atoms with Gasteiger partial charge in [-0.05, 0) is 36.8 Å². The molecule has 4 aromatic rings. The highest BCUT2D eigenvalue weighted by atomic mass is 32.2. The second-order valence-corrected chi connectivity index (χ2v) is 12.2. The van der Waals surface area contributed by atoms with E-state index in [-0.39, 0.29) is 29.3 Å². The molecule has 3 aromatic carbocycles. The number of nitrogens with one attached hydrogen (secondary N) is 1. The maximum absolute atomic E-state index is 14.0. The van der Waals surface area contributed by atoms with Crippen LogP contribution in [-0.2, 0) is 22.4 Å². The Morgan fingerprint density at radius 3 is 2.51 bits per heavy atom. The van der Waals surface area contributed by atoms with Crippen molar-refractivity contribution < 1.29 is 32.4 Å². The van der Waals surface area contributed by atoms with Gasteiger partial charge in [0, 0.05) is 28.5 Å². The number of carbonyl (C=O) groups is 2. The van der Waals surface area contributed by atoms with Crippen LogP contribution in [-0.4, -0.2) is 27.0 Å². The number of alkyl halides is 3. The number of aromatic amines is 1. The van der Waals surface area contributed by atoms with Crippen LogP contribution in [0.1, 0.15) is 33.0 Å². The third-order valence-corrected chi connectivity index (χ3v) is 9.67. The summed E-state index contributed by atoms with van der Waals surface area (Å²) in [6.45, 7) is 2.00. The van der Waals surface area contributed by atoms with E-state index in [9.17, 15) is 37.7 Å². The normalized spacial score (nSPS) is 19.7. The van der Waals surface area contributed by atoms with Crippen molar-refractivity contribution in [2.24, 2.45) is 5.92 Å². The molecule has 6 rings (SSSR count). The predicted molar refractivity (Wildman–Crippen MR) is 152 cm³/mol. The van der Waals surface area contributed by atoms with Crippen molar-refractivity contribution in [2.75, 3.05) is 4.90 Å². The maximum Gasteiger partial charge on any atom is 0.416 e. The number of imide groups is 1. The number of fused-ring (bicyclic) bond motifs is 2. The van der Waals surface area contributed by atoms with Crippen LogP contribution in [0.5, 0.6) is 5.75 Å². The number of rotatable bonds is 6. The SMILES string of the molecule is Cc1cccc(COc2ccc([N+](=O)[O-])cc2C2c3sc(=O)[nH]c3SC3C(=O)N(c4cccc(C(F)(F)F)c4)C(=O)C32)c1. The molecule has 1 fully saturated rings. The number of nitrogens with zero attached hydrogens (tertiary/aromatic N) is 2. The molecule has 0 saturated carbocycles. The fourth-order valence-corrected chi connectivity index (χ4v) is 7.92. The Balaban J connectivity index is 1.47. The number of ether oxygens (including phenoxy) is 1. The van der Waals surface area contributed by atoms with Crippen molar-refractivity contribution in [2.45, 2.75) is 35.9 Å². The second kappa shape index (κ2) is 10.7. The molecule has 1 aromatic heterocycles. The van der Waals surface area contributed by atoms with Gasteiger partial charge in [-0.25, -0.2) is 4.90 Å². The van der Waals surface area contributed by atoms with Crippen LogP contribution >= 0.6 is 23.1 Å². The van der Waals surface area contributed by atoms with Crippen LogP contribution in [0.2, 0.25) is 0 Å². The summed E-state index contributed by atoms with van der Waals surface area (Å²) >= 11 is 1.74. The molecule has 2 amide bonds. The lowest BCUT2D eigenvalue weighted by molar-refractivity contribution is -0.385. The van der Waals surface area contributed by atoms with Gasteiger partial charge in [-0.15, -0.1) is 0 Å². The fourth-order valence-electron chi connectivity index (χ4n) is 5.41. The molecule has 3 unspecified atom stereocenters. The number of benzene rings is 3. The van der Waals surface area contributed by atoms with E-state index in [1.165, 1.54) is 24.3 Å². The van der Waals surface area contributed by atoms with Crippen molar-refractivity contribution in [1.82, 2.24) is 4.98 Å². The van der Waals surface area contributed by atoms with E-state index in [1.54, 1.807) is 0 Å². The molecule has 0 radical (unpaired) electrons. The molecule has 220 valence electrons. The minimum absolute atomic E-state index is 0.0848. The number of halogens is 3. The summed E-state index contributed by atoms with van der Waals surface area (Å²) in [6, 6.07) is 15.3. The summed E-state index contributed by atoms with van der Waals surface area (Å²) in [5.74, 6) is -3.56. The lowest BCUT2D eigenvalue weighted by atomic mass is 9.82. The summed E-state index contributed by atoms with van der Waals surface area (Å²) in [4.78, 5) is 54.7. The van der Waals surface area contributed by atoms with Gasteiger partial charge in [0.05, 0.1) is 27.1 Å². The number of hydrogen-bond donors (Lipinski definition) is 1. The molecule has 14 heteroatoms. The van der Waals surface area contributed by atoms with Crippen molar-refractivity contribution in [3.8, 4) is 5.75 Å². The molecular formula is C29H20F3N3O6S2. The average Bonchev–Trinajstić information content (AvgIpc) is 3.45. The quantitative estimate of drug-likeness (QED) is 0.157. The Bertz CT molecular complexity index is 1850. The number of thioether (sulfide) groups is 1. The zero-order valence-electron chi connectivity index (χ0n) is 22.1. The molecule has 9 nitrogen and oxygen atoms in total. The Kier molecular flexibility index (Phi) is 7.13. The first-order valence-electron chi connectivity index (χ1n) is 12.8. The van der Waals surface area contributed by atoms with Gasteiger partial charge in [-0.2, -0.15) is 13.2 Å². The van der Waals surface area contributed by atoms with Crippen LogP contribution in [0.4, 0.5) is 24.5 Å². The third kappa shape index (κ3) is 5.20. The van der Waals surface area contributed by atoms with Gasteiger partial charge in [-0.1, -0.05) is 59.0 Å². The van der Waals surface area contributed by atoms with Crippen molar-refractivity contribution in [3.05, 3.63) is 114 Å². The predicted octanol–water partition coefficient (Wildman–Crippen LogP) is 6.05. The van der Waals surface area contributed by atoms with Crippen LogP contribution in [0.3, 0.4) is 0 Å². The molecule has 1 saturated heterocycles. The Morgan fingerprint density at radius 1 is 1.02 bits per heavy atom. The fraction of sp³-hybridized carbons (Fsp3) is 0.207. The average molecular weight is 628 g/mol. The van der Waals surface area contributed by atoms with Crippen molar-refractivity contribution in [3.63, 3.8) is 0 Å². The van der Waals surface area contributed by atoms with Gasteiger partial charge in [0.25, 0.3) is 5.69 Å². The zero-order valence-corrected chi connectivity index (χ0v) is 23.7. The Morgan fingerprint density at radius 2 is 1.79 bits per heavy atom. The molecule has 0 bridgehead atoms. The van der Waals surface area contributed by atoms with Crippen LogP contribution in [0.25, 0.3) is 0 Å². The number of carbonyl (C=O) groups excluding carboxylic acids is 2. The van der Waals surface area contributed by atoms with E-state index in [0.29, 0.717) is 9.90 Å². The number of nitro benzene ring substituents is 1. The number of H-pyrrole nitrogens is 1. The van der Waals surface area contributed by atoms with Crippen molar-refractivity contribution in [1.29, 1.82) is 0 Å². The van der Waals surface area contributed by atoms with Gasteiger partial charge in [-0.3, -0.25) is 24.5 Å². The smallest absolute Gasteiger partial charge is 0.416 e.